The SMILES string of the molecule is CC(C=C(Cc1cn[nH]c1OC(F)F)C(F)(F)F)S(=O)(=O)C1=NOC(C)(C)C1. The standard InChI is InChI=1S/C15H18F5N3O4S/c1-8(28(24,25)11-6-14(2,3)27-23-11)4-10(15(18,19)20)5-9-7-21-22-12(9)26-13(16)17/h4,7-8,13H,5-6H2,1-3H3,(H,21,22). The Kier molecular flexibility index (Phi) is 6.07. The third-order valence-corrected chi connectivity index (χ3v) is 5.85. The molecule has 0 aliphatic carbocycles. The average Bonchev–Trinajstić information content (AvgIpc) is 3.11. The van der Waals surface area contributed by atoms with Gasteiger partial charge in [0.05, 0.1) is 11.4 Å². The molecule has 7 nitrogen and oxygen atoms in total. The Balaban J connectivity index is 2.31. The predicted octanol–water partition coefficient (Wildman–Crippen LogP) is 3.36. The largest absolute Gasteiger partial charge is 0.417 e. The summed E-state index contributed by atoms with van der Waals surface area (Å²) < 4.78 is 94.1. The number of ether oxygens (including phenoxy) is 1. The van der Waals surface area contributed by atoms with Gasteiger partial charge < -0.3 is 9.57 Å². The molecule has 1 aliphatic rings. The summed E-state index contributed by atoms with van der Waals surface area (Å²) in [7, 11) is -4.20. The summed E-state index contributed by atoms with van der Waals surface area (Å²) in [5, 5.41) is 6.96. The van der Waals surface area contributed by atoms with E-state index < -0.39 is 51.3 Å². The molecule has 1 N–H and O–H groups in total. The Labute approximate surface area is 157 Å². The van der Waals surface area contributed by atoms with Gasteiger partial charge in [-0.3, -0.25) is 0 Å². The highest BCUT2D eigenvalue weighted by Crippen LogP contribution is 2.33. The molecular formula is C15H18F5N3O4S. The van der Waals surface area contributed by atoms with Gasteiger partial charge in [-0.2, -0.15) is 27.1 Å². The van der Waals surface area contributed by atoms with Gasteiger partial charge in [0.2, 0.25) is 15.7 Å². The number of rotatable bonds is 6. The lowest BCUT2D eigenvalue weighted by Gasteiger charge is -2.16. The molecule has 0 saturated heterocycles. The normalized spacial score (nSPS) is 18.8. The van der Waals surface area contributed by atoms with E-state index in [4.69, 9.17) is 4.84 Å². The first kappa shape index (κ1) is 22.1. The zero-order chi connectivity index (χ0) is 21.3. The first-order valence-corrected chi connectivity index (χ1v) is 9.51. The van der Waals surface area contributed by atoms with Gasteiger partial charge >= 0.3 is 12.8 Å². The number of halogens is 5. The number of hydrogen-bond donors (Lipinski definition) is 1. The molecule has 28 heavy (non-hydrogen) atoms. The molecule has 1 aromatic heterocycles. The van der Waals surface area contributed by atoms with Crippen LogP contribution in [0.1, 0.15) is 32.8 Å². The van der Waals surface area contributed by atoms with E-state index in [2.05, 4.69) is 15.0 Å². The second-order valence-corrected chi connectivity index (χ2v) is 9.04. The second-order valence-electron chi connectivity index (χ2n) is 6.73. The molecule has 0 saturated carbocycles. The molecule has 2 heterocycles. The molecule has 158 valence electrons. The van der Waals surface area contributed by atoms with E-state index in [9.17, 15) is 30.4 Å². The van der Waals surface area contributed by atoms with Crippen LogP contribution in [0.2, 0.25) is 0 Å². The van der Waals surface area contributed by atoms with Crippen LogP contribution in [0.4, 0.5) is 22.0 Å². The molecule has 1 unspecified atom stereocenters. The van der Waals surface area contributed by atoms with Crippen molar-refractivity contribution in [3.05, 3.63) is 23.4 Å². The van der Waals surface area contributed by atoms with E-state index in [0.29, 0.717) is 6.08 Å². The topological polar surface area (TPSA) is 93.6 Å². The van der Waals surface area contributed by atoms with Gasteiger partial charge in [-0.1, -0.05) is 11.2 Å². The highest BCUT2D eigenvalue weighted by atomic mass is 32.2. The first-order chi connectivity index (χ1) is 12.7. The molecule has 1 aliphatic heterocycles. The Morgan fingerprint density at radius 1 is 1.43 bits per heavy atom. The minimum absolute atomic E-state index is 0.0804. The Hall–Kier alpha value is -2.18. The zero-order valence-electron chi connectivity index (χ0n) is 15.0. The molecule has 0 amide bonds. The van der Waals surface area contributed by atoms with Crippen molar-refractivity contribution < 1.29 is 39.9 Å². The van der Waals surface area contributed by atoms with Crippen LogP contribution in [0.15, 0.2) is 23.0 Å². The van der Waals surface area contributed by atoms with Gasteiger partial charge in [0, 0.05) is 24.0 Å². The summed E-state index contributed by atoms with van der Waals surface area (Å²) in [6.07, 6.45) is -4.48. The summed E-state index contributed by atoms with van der Waals surface area (Å²) in [4.78, 5) is 4.97. The molecular weight excluding hydrogens is 413 g/mol. The van der Waals surface area contributed by atoms with Gasteiger partial charge in [-0.05, 0) is 20.8 Å². The van der Waals surface area contributed by atoms with Crippen LogP contribution in [0, 0.1) is 0 Å². The van der Waals surface area contributed by atoms with Gasteiger partial charge in [-0.25, -0.2) is 13.5 Å². The van der Waals surface area contributed by atoms with Crippen LogP contribution in [-0.4, -0.2) is 47.3 Å². The predicted molar refractivity (Wildman–Crippen MR) is 88.7 cm³/mol. The third-order valence-electron chi connectivity index (χ3n) is 3.86. The van der Waals surface area contributed by atoms with Gasteiger partial charge in [0.25, 0.3) is 0 Å². The maximum atomic E-state index is 13.4. The molecule has 0 fully saturated rings. The number of allylic oxidation sites excluding steroid dienone is 1. The zero-order valence-corrected chi connectivity index (χ0v) is 15.9. The van der Waals surface area contributed by atoms with Crippen LogP contribution in [0.25, 0.3) is 0 Å². The van der Waals surface area contributed by atoms with Gasteiger partial charge in [0.1, 0.15) is 5.60 Å². The molecule has 1 atom stereocenters. The van der Waals surface area contributed by atoms with Crippen molar-refractivity contribution in [2.75, 3.05) is 0 Å². The van der Waals surface area contributed by atoms with E-state index in [1.807, 2.05) is 5.10 Å². The fraction of sp³-hybridized carbons (Fsp3) is 0.600. The Morgan fingerprint density at radius 2 is 2.07 bits per heavy atom. The lowest BCUT2D eigenvalue weighted by atomic mass is 10.1. The summed E-state index contributed by atoms with van der Waals surface area (Å²) in [5.74, 6) is -0.629. The summed E-state index contributed by atoms with van der Waals surface area (Å²) in [6.45, 7) is 0.982. The maximum Gasteiger partial charge on any atom is 0.412 e. The first-order valence-electron chi connectivity index (χ1n) is 7.96. The molecule has 2 rings (SSSR count). The van der Waals surface area contributed by atoms with E-state index in [1.54, 1.807) is 13.8 Å². The van der Waals surface area contributed by atoms with Crippen LogP contribution in [0.5, 0.6) is 5.88 Å². The van der Waals surface area contributed by atoms with Crippen molar-refractivity contribution in [2.45, 2.75) is 57.3 Å². The highest BCUT2D eigenvalue weighted by Gasteiger charge is 2.40. The number of nitrogens with one attached hydrogen (secondary N) is 1. The maximum absolute atomic E-state index is 13.4. The van der Waals surface area contributed by atoms with Crippen LogP contribution >= 0.6 is 0 Å². The minimum atomic E-state index is -4.91. The van der Waals surface area contributed by atoms with Crippen molar-refractivity contribution >= 4 is 14.9 Å². The fourth-order valence-electron chi connectivity index (χ4n) is 2.42. The van der Waals surface area contributed by atoms with E-state index in [-0.39, 0.29) is 17.0 Å². The highest BCUT2D eigenvalue weighted by molar-refractivity contribution is 8.07. The third kappa shape index (κ3) is 5.20. The number of sulfone groups is 1. The quantitative estimate of drug-likeness (QED) is 0.551. The van der Waals surface area contributed by atoms with Crippen LogP contribution in [0.3, 0.4) is 0 Å². The van der Waals surface area contributed by atoms with Crippen LogP contribution < -0.4 is 4.74 Å². The number of hydrogen-bond acceptors (Lipinski definition) is 6. The van der Waals surface area contributed by atoms with E-state index in [0.717, 1.165) is 13.1 Å². The van der Waals surface area contributed by atoms with Gasteiger partial charge in [-0.15, -0.1) is 0 Å². The van der Waals surface area contributed by atoms with Crippen molar-refractivity contribution in [1.29, 1.82) is 0 Å². The number of H-pyrrole nitrogens is 1. The fourth-order valence-corrected chi connectivity index (χ4v) is 3.88. The van der Waals surface area contributed by atoms with Crippen LogP contribution in [-0.2, 0) is 21.1 Å². The van der Waals surface area contributed by atoms with Crippen molar-refractivity contribution in [3.8, 4) is 5.88 Å². The summed E-state index contributed by atoms with van der Waals surface area (Å²) in [6, 6.07) is 0. The lowest BCUT2D eigenvalue weighted by Crippen LogP contribution is -2.29. The lowest BCUT2D eigenvalue weighted by molar-refractivity contribution is -0.0935. The molecule has 1 aromatic rings. The number of aromatic amines is 1. The second kappa shape index (κ2) is 7.68. The van der Waals surface area contributed by atoms with Crippen molar-refractivity contribution in [3.63, 3.8) is 0 Å². The molecule has 0 spiro atoms. The molecule has 13 heteroatoms. The Morgan fingerprint density at radius 3 is 2.57 bits per heavy atom. The average molecular weight is 431 g/mol. The van der Waals surface area contributed by atoms with E-state index in [1.165, 1.54) is 0 Å². The Bertz CT molecular complexity index is 874. The summed E-state index contributed by atoms with van der Waals surface area (Å²) >= 11 is 0. The van der Waals surface area contributed by atoms with E-state index >= 15 is 0 Å². The number of aromatic nitrogens is 2. The minimum Gasteiger partial charge on any atom is -0.417 e. The summed E-state index contributed by atoms with van der Waals surface area (Å²) in [5.41, 5.74) is -2.42. The van der Waals surface area contributed by atoms with Gasteiger partial charge in [0.15, 0.2) is 5.04 Å². The van der Waals surface area contributed by atoms with Crippen molar-refractivity contribution in [2.24, 2.45) is 5.16 Å². The molecule has 0 radical (unpaired) electrons. The monoisotopic (exact) mass is 431 g/mol. The molecule has 0 bridgehead atoms. The van der Waals surface area contributed by atoms with Crippen molar-refractivity contribution in [1.82, 2.24) is 10.2 Å². The number of nitrogens with zero attached hydrogens (tertiary/aromatic N) is 2. The molecule has 0 aromatic carbocycles. The number of alkyl halides is 5. The number of oxime groups is 1. The smallest absolute Gasteiger partial charge is 0.412 e.